The van der Waals surface area contributed by atoms with Crippen LogP contribution < -0.4 is 0 Å². The summed E-state index contributed by atoms with van der Waals surface area (Å²) >= 11 is 0. The highest BCUT2D eigenvalue weighted by atomic mass is 16.7. The van der Waals surface area contributed by atoms with E-state index in [-0.39, 0.29) is 45.7 Å². The molecule has 6 heteroatoms. The molecule has 0 aromatic rings. The second kappa shape index (κ2) is 8.47. The van der Waals surface area contributed by atoms with E-state index < -0.39 is 35.6 Å². The molecule has 11 atom stereocenters. The van der Waals surface area contributed by atoms with Crippen LogP contribution in [-0.2, 0) is 14.3 Å². The Hall–Kier alpha value is -1.05. The first-order valence-corrected chi connectivity index (χ1v) is 14.2. The van der Waals surface area contributed by atoms with Gasteiger partial charge in [0, 0.05) is 23.9 Å². The molecule has 1 saturated heterocycles. The van der Waals surface area contributed by atoms with Gasteiger partial charge in [-0.25, -0.2) is 0 Å². The van der Waals surface area contributed by atoms with Gasteiger partial charge in [0.15, 0.2) is 12.1 Å². The Morgan fingerprint density at radius 1 is 1.14 bits per heavy atom. The first kappa shape index (κ1) is 27.5. The second-order valence-electron chi connectivity index (χ2n) is 14.6. The molecule has 1 heterocycles. The van der Waals surface area contributed by atoms with E-state index in [1.807, 2.05) is 0 Å². The van der Waals surface area contributed by atoms with Gasteiger partial charge in [-0.15, -0.1) is 0 Å². The van der Waals surface area contributed by atoms with Crippen molar-refractivity contribution in [1.29, 1.82) is 0 Å². The van der Waals surface area contributed by atoms with Gasteiger partial charge in [0.2, 0.25) is 0 Å². The van der Waals surface area contributed by atoms with E-state index in [0.29, 0.717) is 12.8 Å². The van der Waals surface area contributed by atoms with Gasteiger partial charge in [-0.1, -0.05) is 52.3 Å². The molecule has 0 bridgehead atoms. The van der Waals surface area contributed by atoms with Crippen molar-refractivity contribution in [3.63, 3.8) is 0 Å². The van der Waals surface area contributed by atoms with Gasteiger partial charge >= 0.3 is 0 Å². The first-order chi connectivity index (χ1) is 17.0. The van der Waals surface area contributed by atoms with E-state index in [0.717, 1.165) is 19.3 Å². The SMILES string of the molecule is CO[C@H]1O[C@@H]([C@@H](O)C(C)(C)O)C[C@H]1[C@@H]1CC=C2[C@]3(C)[C@H](O)C[C@H]4C(C)(C)C(=O)C=C[C@]4(C)[C@H]3CC[C@]21C. The Morgan fingerprint density at radius 3 is 2.43 bits per heavy atom. The summed E-state index contributed by atoms with van der Waals surface area (Å²) < 4.78 is 12.0. The largest absolute Gasteiger partial charge is 0.392 e. The van der Waals surface area contributed by atoms with Crippen molar-refractivity contribution in [3.05, 3.63) is 23.8 Å². The average Bonchev–Trinajstić information content (AvgIpc) is 3.38. The highest BCUT2D eigenvalue weighted by Gasteiger charge is 2.68. The quantitative estimate of drug-likeness (QED) is 0.479. The zero-order chi connectivity index (χ0) is 27.3. The highest BCUT2D eigenvalue weighted by Crippen LogP contribution is 2.72. The number of rotatable bonds is 4. The lowest BCUT2D eigenvalue weighted by atomic mass is 9.38. The molecule has 5 rings (SSSR count). The molecule has 0 aromatic heterocycles. The van der Waals surface area contributed by atoms with Crippen molar-refractivity contribution in [2.24, 2.45) is 45.3 Å². The molecule has 2 saturated carbocycles. The molecule has 208 valence electrons. The number of aliphatic hydroxyl groups excluding tert-OH is 2. The number of ether oxygens (including phenoxy) is 2. The number of ketones is 1. The third-order valence-corrected chi connectivity index (χ3v) is 12.0. The van der Waals surface area contributed by atoms with Crippen molar-refractivity contribution in [3.8, 4) is 0 Å². The Balaban J connectivity index is 1.47. The maximum atomic E-state index is 12.8. The minimum atomic E-state index is -1.26. The van der Waals surface area contributed by atoms with Crippen LogP contribution in [0, 0.1) is 45.3 Å². The van der Waals surface area contributed by atoms with Crippen LogP contribution in [0.25, 0.3) is 0 Å². The van der Waals surface area contributed by atoms with Gasteiger partial charge in [0.05, 0.1) is 17.8 Å². The molecule has 0 amide bonds. The summed E-state index contributed by atoms with van der Waals surface area (Å²) in [6.45, 7) is 14.3. The maximum Gasteiger partial charge on any atom is 0.161 e. The van der Waals surface area contributed by atoms with Gasteiger partial charge < -0.3 is 24.8 Å². The van der Waals surface area contributed by atoms with Crippen molar-refractivity contribution in [1.82, 2.24) is 0 Å². The fraction of sp³-hybridized carbons (Fsp3) is 0.839. The van der Waals surface area contributed by atoms with Crippen LogP contribution in [0.2, 0.25) is 0 Å². The lowest BCUT2D eigenvalue weighted by molar-refractivity contribution is -0.186. The fourth-order valence-corrected chi connectivity index (χ4v) is 9.90. The highest BCUT2D eigenvalue weighted by molar-refractivity contribution is 5.95. The number of aliphatic hydroxyl groups is 3. The van der Waals surface area contributed by atoms with Crippen LogP contribution in [0.3, 0.4) is 0 Å². The Kier molecular flexibility index (Phi) is 6.30. The summed E-state index contributed by atoms with van der Waals surface area (Å²) in [5, 5.41) is 33.1. The van der Waals surface area contributed by atoms with Gasteiger partial charge in [0.1, 0.15) is 6.10 Å². The van der Waals surface area contributed by atoms with E-state index >= 15 is 0 Å². The van der Waals surface area contributed by atoms with Crippen molar-refractivity contribution in [2.45, 2.75) is 111 Å². The van der Waals surface area contributed by atoms with E-state index in [2.05, 4.69) is 46.8 Å². The molecule has 3 N–H and O–H groups in total. The van der Waals surface area contributed by atoms with Gasteiger partial charge in [-0.2, -0.15) is 0 Å². The molecule has 0 aromatic carbocycles. The van der Waals surface area contributed by atoms with Crippen LogP contribution in [-0.4, -0.2) is 58.4 Å². The zero-order valence-electron chi connectivity index (χ0n) is 24.0. The average molecular weight is 517 g/mol. The number of hydrogen-bond acceptors (Lipinski definition) is 6. The molecule has 3 fully saturated rings. The summed E-state index contributed by atoms with van der Waals surface area (Å²) in [6, 6.07) is 0. The van der Waals surface area contributed by atoms with Crippen molar-refractivity contribution < 1.29 is 29.6 Å². The van der Waals surface area contributed by atoms with Crippen molar-refractivity contribution >= 4 is 5.78 Å². The molecule has 1 aliphatic heterocycles. The number of carbonyl (C=O) groups is 1. The number of carbonyl (C=O) groups excluding carboxylic acids is 1. The molecule has 4 aliphatic carbocycles. The summed E-state index contributed by atoms with van der Waals surface area (Å²) in [6.07, 6.45) is 8.07. The molecule has 0 spiro atoms. The van der Waals surface area contributed by atoms with Crippen LogP contribution in [0.5, 0.6) is 0 Å². The van der Waals surface area contributed by atoms with E-state index in [4.69, 9.17) is 9.47 Å². The van der Waals surface area contributed by atoms with E-state index in [1.54, 1.807) is 27.0 Å². The second-order valence-corrected chi connectivity index (χ2v) is 14.6. The molecular weight excluding hydrogens is 468 g/mol. The Labute approximate surface area is 222 Å². The van der Waals surface area contributed by atoms with Gasteiger partial charge in [-0.05, 0) is 80.6 Å². The predicted molar refractivity (Wildman–Crippen MR) is 141 cm³/mol. The summed E-state index contributed by atoms with van der Waals surface area (Å²) in [5.74, 6) is 0.875. The fourth-order valence-electron chi connectivity index (χ4n) is 9.90. The van der Waals surface area contributed by atoms with Gasteiger partial charge in [-0.3, -0.25) is 4.79 Å². The monoisotopic (exact) mass is 516 g/mol. The lowest BCUT2D eigenvalue weighted by Gasteiger charge is -2.66. The number of allylic oxidation sites excluding steroid dienone is 3. The Morgan fingerprint density at radius 2 is 1.81 bits per heavy atom. The molecular formula is C31H48O6. The molecule has 5 aliphatic rings. The third-order valence-electron chi connectivity index (χ3n) is 12.0. The van der Waals surface area contributed by atoms with Gasteiger partial charge in [0.25, 0.3) is 0 Å². The molecule has 6 nitrogen and oxygen atoms in total. The zero-order valence-corrected chi connectivity index (χ0v) is 24.0. The standard InChI is InChI=1S/C31H48O6/c1-27(2)22-16-24(33)31(7)20-10-9-18(17-15-19(37-26(17)36-8)25(34)28(3,4)35)29(20,5)13-11-21(31)30(22,6)14-12-23(27)32/h10,12,14,17-19,21-22,24-26,33-35H,9,11,13,15-16H2,1-8H3/t17-,18-,19+,21+,22-,24+,25+,26-,29-,30+,31-/m0/s1. The normalized spacial score (nSPS) is 49.8. The van der Waals surface area contributed by atoms with Crippen LogP contribution in [0.1, 0.15) is 80.6 Å². The smallest absolute Gasteiger partial charge is 0.161 e. The number of hydrogen-bond donors (Lipinski definition) is 3. The minimum Gasteiger partial charge on any atom is -0.392 e. The number of methoxy groups -OCH3 is 1. The van der Waals surface area contributed by atoms with Crippen LogP contribution in [0.4, 0.5) is 0 Å². The molecule has 0 unspecified atom stereocenters. The summed E-state index contributed by atoms with van der Waals surface area (Å²) in [4.78, 5) is 12.8. The van der Waals surface area contributed by atoms with Crippen molar-refractivity contribution in [2.75, 3.05) is 7.11 Å². The number of fused-ring (bicyclic) bond motifs is 5. The third kappa shape index (κ3) is 3.65. The summed E-state index contributed by atoms with van der Waals surface area (Å²) in [7, 11) is 1.66. The van der Waals surface area contributed by atoms with E-state index in [9.17, 15) is 20.1 Å². The van der Waals surface area contributed by atoms with Crippen LogP contribution in [0.15, 0.2) is 23.8 Å². The van der Waals surface area contributed by atoms with E-state index in [1.165, 1.54) is 5.57 Å². The lowest BCUT2D eigenvalue weighted by Crippen LogP contribution is -2.63. The topological polar surface area (TPSA) is 96.2 Å². The minimum absolute atomic E-state index is 0.0844. The maximum absolute atomic E-state index is 12.8. The molecule has 0 radical (unpaired) electrons. The predicted octanol–water partition coefficient (Wildman–Crippen LogP) is 4.42. The first-order valence-electron chi connectivity index (χ1n) is 14.2. The van der Waals surface area contributed by atoms with Crippen LogP contribution >= 0.6 is 0 Å². The molecule has 37 heavy (non-hydrogen) atoms. The summed E-state index contributed by atoms with van der Waals surface area (Å²) in [5.41, 5.74) is -1.02. The Bertz CT molecular complexity index is 1010.